The highest BCUT2D eigenvalue weighted by molar-refractivity contribution is 4.82. The molecule has 0 heterocycles. The highest BCUT2D eigenvalue weighted by atomic mass is 79.9. The van der Waals surface area contributed by atoms with Crippen LogP contribution in [0.3, 0.4) is 0 Å². The molecule has 0 bridgehead atoms. The maximum Gasteiger partial charge on any atom is 0.102 e. The van der Waals surface area contributed by atoms with Crippen LogP contribution in [0.15, 0.2) is 24.3 Å². The number of nitrogens with two attached hydrogens (primary N) is 1. The zero-order chi connectivity index (χ0) is 34.9. The highest BCUT2D eigenvalue weighted by Crippen LogP contribution is 2.12. The molecular weight excluding hydrogens is 668 g/mol. The van der Waals surface area contributed by atoms with E-state index < -0.39 is 0 Å². The van der Waals surface area contributed by atoms with Crippen molar-refractivity contribution in [3.8, 4) is 0 Å². The number of allylic oxidation sites excluding steroid dienone is 4. The minimum Gasteiger partial charge on any atom is -1.00 e. The molecule has 0 aliphatic carbocycles. The monoisotopic (exact) mass is 757 g/mol. The van der Waals surface area contributed by atoms with Gasteiger partial charge in [0.2, 0.25) is 0 Å². The lowest BCUT2D eigenvalue weighted by molar-refractivity contribution is -0.910. The highest BCUT2D eigenvalue weighted by Gasteiger charge is 2.20. The lowest BCUT2D eigenvalue weighted by Crippen LogP contribution is -3.00. The Morgan fingerprint density at radius 3 is 1.02 bits per heavy atom. The molecule has 2 N–H and O–H groups in total. The van der Waals surface area contributed by atoms with Crippen LogP contribution >= 0.6 is 0 Å². The minimum atomic E-state index is 0. The maximum absolute atomic E-state index is 6.07. The topological polar surface area (TPSA) is 44.5 Å². The predicted molar refractivity (Wildman–Crippen MR) is 215 cm³/mol. The molecule has 4 nitrogen and oxygen atoms in total. The van der Waals surface area contributed by atoms with E-state index in [1.165, 1.54) is 180 Å². The van der Waals surface area contributed by atoms with Gasteiger partial charge >= 0.3 is 0 Å². The molecule has 0 radical (unpaired) electrons. The van der Waals surface area contributed by atoms with E-state index in [1.807, 2.05) is 0 Å². The zero-order valence-corrected chi connectivity index (χ0v) is 35.3. The number of likely N-dealkylation sites (N-methyl/N-ethyl adjacent to an activating group) is 1. The fourth-order valence-corrected chi connectivity index (χ4v) is 6.49. The first-order chi connectivity index (χ1) is 23.7. The summed E-state index contributed by atoms with van der Waals surface area (Å²) in [6.45, 7) is 12.1. The minimum absolute atomic E-state index is 0. The molecule has 0 atom stereocenters. The summed E-state index contributed by atoms with van der Waals surface area (Å²) in [5.74, 6) is 0. The van der Waals surface area contributed by atoms with Gasteiger partial charge in [0.05, 0.1) is 26.8 Å². The molecule has 0 aromatic carbocycles. The van der Waals surface area contributed by atoms with Crippen molar-refractivity contribution in [2.45, 2.75) is 200 Å². The van der Waals surface area contributed by atoms with Gasteiger partial charge in [0.25, 0.3) is 0 Å². The van der Waals surface area contributed by atoms with Crippen molar-refractivity contribution in [2.24, 2.45) is 5.73 Å². The number of rotatable bonds is 41. The Morgan fingerprint density at radius 1 is 0.388 bits per heavy atom. The molecule has 294 valence electrons. The van der Waals surface area contributed by atoms with E-state index in [4.69, 9.17) is 15.2 Å². The smallest absolute Gasteiger partial charge is 0.102 e. The summed E-state index contributed by atoms with van der Waals surface area (Å²) in [7, 11) is 2.36. The van der Waals surface area contributed by atoms with Crippen LogP contribution in [-0.2, 0) is 9.47 Å². The van der Waals surface area contributed by atoms with Crippen LogP contribution in [0.4, 0.5) is 0 Å². The van der Waals surface area contributed by atoms with Crippen LogP contribution in [0.5, 0.6) is 0 Å². The largest absolute Gasteiger partial charge is 1.00 e. The quantitative estimate of drug-likeness (QED) is 0.0384. The Hall–Kier alpha value is -0.200. The van der Waals surface area contributed by atoms with Crippen molar-refractivity contribution >= 4 is 0 Å². The molecule has 0 spiro atoms. The third-order valence-electron chi connectivity index (χ3n) is 10.1. The first kappa shape index (κ1) is 50.9. The Kier molecular flexibility index (Phi) is 45.7. The van der Waals surface area contributed by atoms with E-state index in [0.29, 0.717) is 0 Å². The number of halogens is 1. The van der Waals surface area contributed by atoms with Crippen molar-refractivity contribution in [2.75, 3.05) is 59.7 Å². The summed E-state index contributed by atoms with van der Waals surface area (Å²) in [4.78, 5) is 0. The molecule has 0 unspecified atom stereocenters. The van der Waals surface area contributed by atoms with Crippen molar-refractivity contribution in [1.29, 1.82) is 0 Å². The van der Waals surface area contributed by atoms with E-state index in [9.17, 15) is 0 Å². The molecule has 0 aromatic heterocycles. The van der Waals surface area contributed by atoms with Crippen LogP contribution < -0.4 is 22.7 Å². The number of ether oxygens (including phenoxy) is 2. The van der Waals surface area contributed by atoms with Crippen molar-refractivity contribution in [3.63, 3.8) is 0 Å². The molecule has 5 heteroatoms. The third kappa shape index (κ3) is 42.1. The molecule has 0 amide bonds. The normalized spacial score (nSPS) is 12.1. The fraction of sp³-hybridized carbons (Fsp3) is 0.909. The fourth-order valence-electron chi connectivity index (χ4n) is 6.49. The van der Waals surface area contributed by atoms with Gasteiger partial charge < -0.3 is 36.7 Å². The van der Waals surface area contributed by atoms with Crippen molar-refractivity contribution in [1.82, 2.24) is 0 Å². The third-order valence-corrected chi connectivity index (χ3v) is 10.1. The van der Waals surface area contributed by atoms with Gasteiger partial charge in [-0.25, -0.2) is 0 Å². The SMILES string of the molecule is CCCCCCCC/C=C\CCCCCCCCOCC[N+](C)(CCCN)CCOCCCCCCCC/C=C\CCCCCCCC.[Br-]. The maximum atomic E-state index is 6.07. The summed E-state index contributed by atoms with van der Waals surface area (Å²) in [6.07, 6.45) is 48.5. The number of quaternary nitrogens is 1. The molecular formula is C44H89BrN2O2. The van der Waals surface area contributed by atoms with Crippen LogP contribution in [0.2, 0.25) is 0 Å². The van der Waals surface area contributed by atoms with E-state index in [2.05, 4.69) is 45.2 Å². The lowest BCUT2D eigenvalue weighted by atomic mass is 10.1. The van der Waals surface area contributed by atoms with Crippen LogP contribution in [0.1, 0.15) is 200 Å². The second kappa shape index (κ2) is 44.0. The van der Waals surface area contributed by atoms with Crippen LogP contribution in [0.25, 0.3) is 0 Å². The van der Waals surface area contributed by atoms with Gasteiger partial charge in [-0.05, 0) is 70.8 Å². The van der Waals surface area contributed by atoms with E-state index in [-0.39, 0.29) is 17.0 Å². The molecule has 0 saturated heterocycles. The van der Waals surface area contributed by atoms with Gasteiger partial charge in [0.15, 0.2) is 0 Å². The summed E-state index contributed by atoms with van der Waals surface area (Å²) < 4.78 is 13.2. The molecule has 0 fully saturated rings. The van der Waals surface area contributed by atoms with Gasteiger partial charge in [-0.1, -0.05) is 154 Å². The molecule has 0 saturated carbocycles. The van der Waals surface area contributed by atoms with Gasteiger partial charge in [0.1, 0.15) is 13.1 Å². The summed E-state index contributed by atoms with van der Waals surface area (Å²) >= 11 is 0. The molecule has 0 aliphatic rings. The Morgan fingerprint density at radius 2 is 0.694 bits per heavy atom. The number of hydrogen-bond acceptors (Lipinski definition) is 3. The van der Waals surface area contributed by atoms with Gasteiger partial charge in [-0.3, -0.25) is 0 Å². The number of unbranched alkanes of at least 4 members (excludes halogenated alkanes) is 24. The average Bonchev–Trinajstić information content (AvgIpc) is 3.09. The lowest BCUT2D eigenvalue weighted by Gasteiger charge is -2.34. The van der Waals surface area contributed by atoms with Gasteiger partial charge in [-0.2, -0.15) is 0 Å². The van der Waals surface area contributed by atoms with E-state index in [1.54, 1.807) is 0 Å². The van der Waals surface area contributed by atoms with Crippen LogP contribution in [0, 0.1) is 0 Å². The Labute approximate surface area is 319 Å². The molecule has 0 rings (SSSR count). The standard InChI is InChI=1S/C44H89N2O2.BrH/c1-4-6-8-10-12-14-16-18-20-22-24-26-28-30-32-34-41-47-43-39-46(3,38-36-37-45)40-44-48-42-35-33-31-29-27-25-23-21-19-17-15-13-11-9-7-5-2;/h18-21H,4-17,22-45H2,1-3H3;1H/q+1;/p-1/b20-18-,21-19-;. The summed E-state index contributed by atoms with van der Waals surface area (Å²) in [5.41, 5.74) is 5.86. The van der Waals surface area contributed by atoms with Crippen molar-refractivity contribution < 1.29 is 30.9 Å². The van der Waals surface area contributed by atoms with Gasteiger partial charge in [0, 0.05) is 19.6 Å². The first-order valence-electron chi connectivity index (χ1n) is 21.7. The Bertz CT molecular complexity index is 609. The second-order valence-electron chi connectivity index (χ2n) is 15.0. The molecule has 49 heavy (non-hydrogen) atoms. The number of hydrogen-bond donors (Lipinski definition) is 1. The van der Waals surface area contributed by atoms with E-state index >= 15 is 0 Å². The summed E-state index contributed by atoms with van der Waals surface area (Å²) in [6, 6.07) is 0. The first-order valence-corrected chi connectivity index (χ1v) is 21.7. The van der Waals surface area contributed by atoms with Crippen molar-refractivity contribution in [3.05, 3.63) is 24.3 Å². The summed E-state index contributed by atoms with van der Waals surface area (Å²) in [5, 5.41) is 0. The zero-order valence-electron chi connectivity index (χ0n) is 33.7. The van der Waals surface area contributed by atoms with Gasteiger partial charge in [-0.15, -0.1) is 0 Å². The second-order valence-corrected chi connectivity index (χ2v) is 15.0. The van der Waals surface area contributed by atoms with Crippen LogP contribution in [-0.4, -0.2) is 64.1 Å². The number of nitrogens with zero attached hydrogens (tertiary/aromatic N) is 1. The Balaban J connectivity index is 0. The molecule has 0 aromatic rings. The van der Waals surface area contributed by atoms with E-state index in [0.717, 1.165) is 63.5 Å². The predicted octanol–water partition coefficient (Wildman–Crippen LogP) is 9.89. The average molecular weight is 758 g/mol. The molecule has 0 aliphatic heterocycles.